The molecule has 5 nitrogen and oxygen atoms in total. The van der Waals surface area contributed by atoms with Gasteiger partial charge in [0, 0.05) is 33.5 Å². The quantitative estimate of drug-likeness (QED) is 0.671. The lowest BCUT2D eigenvalue weighted by molar-refractivity contribution is 0.102. The Labute approximate surface area is 155 Å². The largest absolute Gasteiger partial charge is 0.322 e. The maximum atomic E-state index is 12.4. The Bertz CT molecular complexity index is 981. The van der Waals surface area contributed by atoms with Crippen LogP contribution in [0, 0.1) is 0 Å². The van der Waals surface area contributed by atoms with Gasteiger partial charge in [-0.2, -0.15) is 0 Å². The second-order valence-electron chi connectivity index (χ2n) is 5.70. The number of carbonyl (C=O) groups excluding carboxylic acids is 1. The average Bonchev–Trinajstić information content (AvgIpc) is 2.67. The molecule has 0 spiro atoms. The first-order valence-corrected chi connectivity index (χ1v) is 9.47. The Kier molecular flexibility index (Phi) is 5.53. The topological polar surface area (TPSA) is 74.8 Å². The van der Waals surface area contributed by atoms with Crippen LogP contribution >= 0.6 is 11.8 Å². The third kappa shape index (κ3) is 4.21. The van der Waals surface area contributed by atoms with E-state index in [0.717, 1.165) is 16.2 Å². The first-order chi connectivity index (χ1) is 12.6. The molecule has 26 heavy (non-hydrogen) atoms. The number of amides is 1. The standard InChI is InChI=1S/C20H19N3O2S/c1-3-15-12-18(24)23-19(21-15)14-5-4-6-16(11-14)22-20(25)13-7-9-17(26-2)10-8-13/h4-12H,3H2,1-2H3,(H,22,25)(H,21,23,24). The molecule has 3 aromatic rings. The van der Waals surface area contributed by atoms with Crippen molar-refractivity contribution < 1.29 is 4.79 Å². The SMILES string of the molecule is CCc1cc(=O)[nH]c(-c2cccc(NC(=O)c3ccc(SC)cc3)c2)n1. The zero-order valence-electron chi connectivity index (χ0n) is 14.6. The van der Waals surface area contributed by atoms with Gasteiger partial charge in [0.2, 0.25) is 0 Å². The van der Waals surface area contributed by atoms with E-state index in [0.29, 0.717) is 23.5 Å². The van der Waals surface area contributed by atoms with Gasteiger partial charge in [-0.05, 0) is 49.1 Å². The number of anilines is 1. The van der Waals surface area contributed by atoms with E-state index in [1.165, 1.54) is 6.07 Å². The normalized spacial score (nSPS) is 10.5. The molecule has 0 radical (unpaired) electrons. The highest BCUT2D eigenvalue weighted by Crippen LogP contribution is 2.20. The van der Waals surface area contributed by atoms with Crippen LogP contribution in [-0.4, -0.2) is 22.1 Å². The highest BCUT2D eigenvalue weighted by Gasteiger charge is 2.08. The van der Waals surface area contributed by atoms with Crippen molar-refractivity contribution >= 4 is 23.4 Å². The molecule has 0 saturated heterocycles. The van der Waals surface area contributed by atoms with Gasteiger partial charge in [0.15, 0.2) is 0 Å². The number of aromatic nitrogens is 2. The van der Waals surface area contributed by atoms with Crippen LogP contribution in [0.25, 0.3) is 11.4 Å². The van der Waals surface area contributed by atoms with E-state index in [2.05, 4.69) is 15.3 Å². The van der Waals surface area contributed by atoms with Crippen LogP contribution in [0.3, 0.4) is 0 Å². The summed E-state index contributed by atoms with van der Waals surface area (Å²) in [6.07, 6.45) is 2.67. The first kappa shape index (κ1) is 17.9. The van der Waals surface area contributed by atoms with E-state index in [1.54, 1.807) is 36.0 Å². The smallest absolute Gasteiger partial charge is 0.255 e. The van der Waals surface area contributed by atoms with E-state index in [9.17, 15) is 9.59 Å². The van der Waals surface area contributed by atoms with E-state index in [4.69, 9.17) is 0 Å². The summed E-state index contributed by atoms with van der Waals surface area (Å²) in [7, 11) is 0. The minimum atomic E-state index is -0.185. The Balaban J connectivity index is 1.84. The number of hydrogen-bond donors (Lipinski definition) is 2. The molecule has 0 aliphatic carbocycles. The lowest BCUT2D eigenvalue weighted by Gasteiger charge is -2.08. The fourth-order valence-corrected chi connectivity index (χ4v) is 2.92. The van der Waals surface area contributed by atoms with Crippen LogP contribution in [0.1, 0.15) is 23.0 Å². The first-order valence-electron chi connectivity index (χ1n) is 8.25. The van der Waals surface area contributed by atoms with Crippen molar-refractivity contribution in [1.29, 1.82) is 0 Å². The summed E-state index contributed by atoms with van der Waals surface area (Å²) >= 11 is 1.63. The number of thioether (sulfide) groups is 1. The van der Waals surface area contributed by atoms with Gasteiger partial charge in [-0.15, -0.1) is 11.8 Å². The molecule has 1 heterocycles. The summed E-state index contributed by atoms with van der Waals surface area (Å²) in [6, 6.07) is 16.2. The van der Waals surface area contributed by atoms with Crippen molar-refractivity contribution in [3.8, 4) is 11.4 Å². The molecular formula is C20H19N3O2S. The number of aryl methyl sites for hydroxylation is 1. The van der Waals surface area contributed by atoms with Gasteiger partial charge in [-0.25, -0.2) is 4.98 Å². The van der Waals surface area contributed by atoms with Crippen LogP contribution in [0.5, 0.6) is 0 Å². The molecule has 3 rings (SSSR count). The zero-order valence-corrected chi connectivity index (χ0v) is 15.4. The van der Waals surface area contributed by atoms with Gasteiger partial charge in [0.1, 0.15) is 5.82 Å². The van der Waals surface area contributed by atoms with Crippen LogP contribution in [-0.2, 0) is 6.42 Å². The van der Waals surface area contributed by atoms with Crippen molar-refractivity contribution in [2.24, 2.45) is 0 Å². The van der Waals surface area contributed by atoms with Crippen molar-refractivity contribution in [1.82, 2.24) is 9.97 Å². The van der Waals surface area contributed by atoms with Crippen molar-refractivity contribution in [2.75, 3.05) is 11.6 Å². The summed E-state index contributed by atoms with van der Waals surface area (Å²) in [6.45, 7) is 1.95. The summed E-state index contributed by atoms with van der Waals surface area (Å²) in [5, 5.41) is 2.88. The molecule has 1 amide bonds. The van der Waals surface area contributed by atoms with Gasteiger partial charge in [-0.3, -0.25) is 9.59 Å². The van der Waals surface area contributed by atoms with Crippen molar-refractivity contribution in [3.05, 3.63) is 76.2 Å². The molecule has 0 unspecified atom stereocenters. The number of nitrogens with one attached hydrogen (secondary N) is 2. The predicted octanol–water partition coefficient (Wildman–Crippen LogP) is 3.97. The zero-order chi connectivity index (χ0) is 18.5. The number of H-pyrrole nitrogens is 1. The number of rotatable bonds is 5. The van der Waals surface area contributed by atoms with Gasteiger partial charge in [0.05, 0.1) is 0 Å². The van der Waals surface area contributed by atoms with E-state index in [1.807, 2.05) is 37.4 Å². The molecule has 0 bridgehead atoms. The highest BCUT2D eigenvalue weighted by molar-refractivity contribution is 7.98. The molecule has 0 saturated carbocycles. The van der Waals surface area contributed by atoms with Crippen molar-refractivity contribution in [3.63, 3.8) is 0 Å². The molecule has 0 aliphatic heterocycles. The molecular weight excluding hydrogens is 346 g/mol. The second kappa shape index (κ2) is 8.01. The maximum absolute atomic E-state index is 12.4. The molecule has 0 fully saturated rings. The van der Waals surface area contributed by atoms with E-state index >= 15 is 0 Å². The third-order valence-corrected chi connectivity index (χ3v) is 4.65. The maximum Gasteiger partial charge on any atom is 0.255 e. The Morgan fingerprint density at radius 3 is 2.62 bits per heavy atom. The molecule has 0 atom stereocenters. The lowest BCUT2D eigenvalue weighted by Crippen LogP contribution is -2.12. The van der Waals surface area contributed by atoms with E-state index < -0.39 is 0 Å². The van der Waals surface area contributed by atoms with Crippen LogP contribution in [0.4, 0.5) is 5.69 Å². The van der Waals surface area contributed by atoms with Gasteiger partial charge in [-0.1, -0.05) is 19.1 Å². The van der Waals surface area contributed by atoms with Crippen LogP contribution < -0.4 is 10.9 Å². The number of aromatic amines is 1. The average molecular weight is 365 g/mol. The van der Waals surface area contributed by atoms with Gasteiger partial charge < -0.3 is 10.3 Å². The summed E-state index contributed by atoms with van der Waals surface area (Å²) in [5.41, 5.74) is 2.52. The Hall–Kier alpha value is -2.86. The van der Waals surface area contributed by atoms with E-state index in [-0.39, 0.29) is 11.5 Å². The highest BCUT2D eigenvalue weighted by atomic mass is 32.2. The Morgan fingerprint density at radius 2 is 1.92 bits per heavy atom. The van der Waals surface area contributed by atoms with Crippen LogP contribution in [0.2, 0.25) is 0 Å². The van der Waals surface area contributed by atoms with Gasteiger partial charge in [0.25, 0.3) is 11.5 Å². The van der Waals surface area contributed by atoms with Gasteiger partial charge >= 0.3 is 0 Å². The van der Waals surface area contributed by atoms with Crippen molar-refractivity contribution in [2.45, 2.75) is 18.2 Å². The lowest BCUT2D eigenvalue weighted by atomic mass is 10.1. The molecule has 2 aromatic carbocycles. The monoisotopic (exact) mass is 365 g/mol. The molecule has 6 heteroatoms. The molecule has 1 aromatic heterocycles. The minimum Gasteiger partial charge on any atom is -0.322 e. The third-order valence-electron chi connectivity index (χ3n) is 3.90. The molecule has 2 N–H and O–H groups in total. The number of nitrogens with zero attached hydrogens (tertiary/aromatic N) is 1. The number of carbonyl (C=O) groups is 1. The number of hydrogen-bond acceptors (Lipinski definition) is 4. The van der Waals surface area contributed by atoms with Crippen LogP contribution in [0.15, 0.2) is 64.3 Å². The minimum absolute atomic E-state index is 0.182. The predicted molar refractivity (Wildman–Crippen MR) is 106 cm³/mol. The number of benzene rings is 2. The summed E-state index contributed by atoms with van der Waals surface area (Å²) < 4.78 is 0. The Morgan fingerprint density at radius 1 is 1.15 bits per heavy atom. The fourth-order valence-electron chi connectivity index (χ4n) is 2.52. The summed E-state index contributed by atoms with van der Waals surface area (Å²) in [5.74, 6) is 0.313. The fraction of sp³-hybridized carbons (Fsp3) is 0.150. The molecule has 132 valence electrons. The summed E-state index contributed by atoms with van der Waals surface area (Å²) in [4.78, 5) is 32.5. The molecule has 0 aliphatic rings. The second-order valence-corrected chi connectivity index (χ2v) is 6.58.